The second-order valence-electron chi connectivity index (χ2n) is 2.24. The summed E-state index contributed by atoms with van der Waals surface area (Å²) in [7, 11) is 0. The Morgan fingerprint density at radius 1 is 1.54 bits per heavy atom. The van der Waals surface area contributed by atoms with E-state index in [-0.39, 0.29) is 5.83 Å². The van der Waals surface area contributed by atoms with E-state index < -0.39 is 0 Å². The van der Waals surface area contributed by atoms with Gasteiger partial charge in [0.1, 0.15) is 5.83 Å². The van der Waals surface area contributed by atoms with Crippen LogP contribution in [-0.2, 0) is 0 Å². The summed E-state index contributed by atoms with van der Waals surface area (Å²) in [4.78, 5) is 1.93. The van der Waals surface area contributed by atoms with Crippen LogP contribution >= 0.6 is 11.3 Å². The fraction of sp³-hybridized carbons (Fsp3) is 0.273. The summed E-state index contributed by atoms with van der Waals surface area (Å²) in [6.07, 6.45) is 1.65. The van der Waals surface area contributed by atoms with Crippen LogP contribution in [0.2, 0.25) is 0 Å². The van der Waals surface area contributed by atoms with Gasteiger partial charge in [-0.2, -0.15) is 0 Å². The average molecular weight is 198 g/mol. The highest BCUT2D eigenvalue weighted by Gasteiger charge is 2.05. The monoisotopic (exact) mass is 198 g/mol. The quantitative estimate of drug-likeness (QED) is 0.648. The van der Waals surface area contributed by atoms with Gasteiger partial charge < -0.3 is 0 Å². The van der Waals surface area contributed by atoms with Gasteiger partial charge in [0.05, 0.1) is 0 Å². The van der Waals surface area contributed by atoms with E-state index in [0.29, 0.717) is 5.56 Å². The van der Waals surface area contributed by atoms with Crippen molar-refractivity contribution in [1.82, 2.24) is 0 Å². The molecule has 0 atom stereocenters. The van der Waals surface area contributed by atoms with Gasteiger partial charge in [0.25, 0.3) is 0 Å². The van der Waals surface area contributed by atoms with Gasteiger partial charge in [-0.15, -0.1) is 11.3 Å². The Kier molecular flexibility index (Phi) is 5.31. The van der Waals surface area contributed by atoms with Crippen LogP contribution in [0.3, 0.4) is 0 Å². The minimum atomic E-state index is -0.385. The smallest absolute Gasteiger partial charge is 0.124 e. The van der Waals surface area contributed by atoms with Crippen molar-refractivity contribution in [2.75, 3.05) is 0 Å². The molecule has 0 aliphatic carbocycles. The van der Waals surface area contributed by atoms with Crippen LogP contribution in [0.15, 0.2) is 19.2 Å². The number of rotatable bonds is 2. The molecule has 2 heteroatoms. The lowest BCUT2D eigenvalue weighted by atomic mass is 10.2. The summed E-state index contributed by atoms with van der Waals surface area (Å²) in [6.45, 7) is 12.8. The van der Waals surface area contributed by atoms with E-state index in [1.54, 1.807) is 12.1 Å². The van der Waals surface area contributed by atoms with E-state index in [1.165, 1.54) is 11.3 Å². The predicted octanol–water partition coefficient (Wildman–Crippen LogP) is 4.67. The van der Waals surface area contributed by atoms with Gasteiger partial charge in [-0.05, 0) is 13.0 Å². The number of thiophene rings is 1. The van der Waals surface area contributed by atoms with Crippen LogP contribution in [0, 0.1) is 6.92 Å². The SMILES string of the molecule is C=Cc1sc(C)cc1C(=C)F.CC. The maximum absolute atomic E-state index is 12.7. The summed E-state index contributed by atoms with van der Waals surface area (Å²) in [5.74, 6) is -0.385. The van der Waals surface area contributed by atoms with Gasteiger partial charge in [-0.3, -0.25) is 0 Å². The molecule has 0 aliphatic rings. The molecule has 0 spiro atoms. The Hall–Kier alpha value is -0.890. The highest BCUT2D eigenvalue weighted by atomic mass is 32.1. The Morgan fingerprint density at radius 2 is 2.08 bits per heavy atom. The number of hydrogen-bond acceptors (Lipinski definition) is 1. The first kappa shape index (κ1) is 12.1. The third-order valence-electron chi connectivity index (χ3n) is 1.36. The molecule has 0 amide bonds. The molecule has 0 unspecified atom stereocenters. The van der Waals surface area contributed by atoms with E-state index >= 15 is 0 Å². The maximum Gasteiger partial charge on any atom is 0.124 e. The first-order valence-corrected chi connectivity index (χ1v) is 5.04. The topological polar surface area (TPSA) is 0 Å². The second kappa shape index (κ2) is 5.70. The molecule has 13 heavy (non-hydrogen) atoms. The molecule has 0 nitrogen and oxygen atoms in total. The average Bonchev–Trinajstić information content (AvgIpc) is 2.50. The lowest BCUT2D eigenvalue weighted by molar-refractivity contribution is 0.764. The molecule has 0 saturated carbocycles. The van der Waals surface area contributed by atoms with Gasteiger partial charge in [-0.1, -0.05) is 33.1 Å². The fourth-order valence-corrected chi connectivity index (χ4v) is 1.78. The predicted molar refractivity (Wildman–Crippen MR) is 60.6 cm³/mol. The van der Waals surface area contributed by atoms with Crippen molar-refractivity contribution in [3.63, 3.8) is 0 Å². The summed E-state index contributed by atoms with van der Waals surface area (Å²) in [5.41, 5.74) is 0.572. The summed E-state index contributed by atoms with van der Waals surface area (Å²) < 4.78 is 12.7. The molecule has 0 radical (unpaired) electrons. The zero-order chi connectivity index (χ0) is 10.4. The first-order valence-electron chi connectivity index (χ1n) is 4.23. The molecular formula is C11H15FS. The third kappa shape index (κ3) is 3.15. The normalized spacial score (nSPS) is 8.62. The van der Waals surface area contributed by atoms with Crippen LogP contribution in [0.25, 0.3) is 11.9 Å². The van der Waals surface area contributed by atoms with Crippen LogP contribution in [0.1, 0.15) is 29.2 Å². The molecule has 0 saturated heterocycles. The standard InChI is InChI=1S/C9H9FS.C2H6/c1-4-9-8(7(3)10)5-6(2)11-9;1-2/h4-5H,1,3H2,2H3;1-2H3. The summed E-state index contributed by atoms with van der Waals surface area (Å²) in [6, 6.07) is 1.78. The van der Waals surface area contributed by atoms with Crippen molar-refractivity contribution in [3.05, 3.63) is 34.5 Å². The lowest BCUT2D eigenvalue weighted by Gasteiger charge is -1.90. The lowest BCUT2D eigenvalue weighted by Crippen LogP contribution is -1.72. The van der Waals surface area contributed by atoms with Gasteiger partial charge in [0.15, 0.2) is 0 Å². The van der Waals surface area contributed by atoms with Crippen LogP contribution in [0.5, 0.6) is 0 Å². The molecule has 1 aromatic heterocycles. The Balaban J connectivity index is 0.000000671. The number of aryl methyl sites for hydroxylation is 1. The van der Waals surface area contributed by atoms with E-state index in [9.17, 15) is 4.39 Å². The maximum atomic E-state index is 12.7. The molecular weight excluding hydrogens is 183 g/mol. The third-order valence-corrected chi connectivity index (χ3v) is 2.41. The second-order valence-corrected chi connectivity index (χ2v) is 3.53. The molecule has 1 heterocycles. The number of hydrogen-bond donors (Lipinski definition) is 0. The molecule has 0 aliphatic heterocycles. The van der Waals surface area contributed by atoms with Gasteiger partial charge in [-0.25, -0.2) is 4.39 Å². The zero-order valence-electron chi connectivity index (χ0n) is 8.36. The molecule has 1 rings (SSSR count). The van der Waals surface area contributed by atoms with Crippen molar-refractivity contribution < 1.29 is 4.39 Å². The Bertz CT molecular complexity index is 297. The van der Waals surface area contributed by atoms with Crippen LogP contribution < -0.4 is 0 Å². The molecule has 1 aromatic rings. The Labute approximate surface area is 83.4 Å². The molecule has 0 N–H and O–H groups in total. The highest BCUT2D eigenvalue weighted by Crippen LogP contribution is 2.28. The molecule has 0 aromatic carbocycles. The van der Waals surface area contributed by atoms with Crippen molar-refractivity contribution in [2.24, 2.45) is 0 Å². The zero-order valence-corrected chi connectivity index (χ0v) is 9.17. The Morgan fingerprint density at radius 3 is 2.38 bits per heavy atom. The highest BCUT2D eigenvalue weighted by molar-refractivity contribution is 7.13. The molecule has 0 fully saturated rings. The van der Waals surface area contributed by atoms with Gasteiger partial charge in [0.2, 0.25) is 0 Å². The van der Waals surface area contributed by atoms with E-state index in [4.69, 9.17) is 0 Å². The molecule has 72 valence electrons. The molecule has 0 bridgehead atoms. The first-order chi connectivity index (χ1) is 6.15. The van der Waals surface area contributed by atoms with Crippen molar-refractivity contribution in [1.29, 1.82) is 0 Å². The number of halogens is 1. The van der Waals surface area contributed by atoms with E-state index in [2.05, 4.69) is 13.2 Å². The van der Waals surface area contributed by atoms with Gasteiger partial charge in [0, 0.05) is 15.3 Å². The summed E-state index contributed by atoms with van der Waals surface area (Å²) >= 11 is 1.52. The minimum Gasteiger partial charge on any atom is -0.207 e. The van der Waals surface area contributed by atoms with Crippen molar-refractivity contribution in [3.8, 4) is 0 Å². The minimum absolute atomic E-state index is 0.385. The van der Waals surface area contributed by atoms with Gasteiger partial charge >= 0.3 is 0 Å². The van der Waals surface area contributed by atoms with E-state index in [1.807, 2.05) is 20.8 Å². The fourth-order valence-electron chi connectivity index (χ4n) is 0.896. The van der Waals surface area contributed by atoms with E-state index in [0.717, 1.165) is 9.75 Å². The van der Waals surface area contributed by atoms with Crippen LogP contribution in [0.4, 0.5) is 4.39 Å². The largest absolute Gasteiger partial charge is 0.207 e. The van der Waals surface area contributed by atoms with Crippen molar-refractivity contribution in [2.45, 2.75) is 20.8 Å². The van der Waals surface area contributed by atoms with Crippen LogP contribution in [-0.4, -0.2) is 0 Å². The summed E-state index contributed by atoms with van der Waals surface area (Å²) in [5, 5.41) is 0. The van der Waals surface area contributed by atoms with Crippen molar-refractivity contribution >= 4 is 23.2 Å².